The van der Waals surface area contributed by atoms with Crippen LogP contribution < -0.4 is 9.47 Å². The smallest absolute Gasteiger partial charge is 0.242 e. The minimum Gasteiger partial charge on any atom is -0.493 e. The zero-order chi connectivity index (χ0) is 18.1. The van der Waals surface area contributed by atoms with Crippen LogP contribution in [0.4, 0.5) is 0 Å². The number of carbonyl (C=O) groups excluding carboxylic acids is 2. The molecule has 1 amide bonds. The third-order valence-electron chi connectivity index (χ3n) is 4.86. The van der Waals surface area contributed by atoms with E-state index in [1.54, 1.807) is 24.2 Å². The van der Waals surface area contributed by atoms with Gasteiger partial charge in [-0.15, -0.1) is 0 Å². The molecule has 0 radical (unpaired) electrons. The zero-order valence-electron chi connectivity index (χ0n) is 15.2. The number of allylic oxidation sites excluding steroid dienone is 2. The summed E-state index contributed by atoms with van der Waals surface area (Å²) in [5.74, 6) is 1.01. The molecule has 1 atom stereocenters. The van der Waals surface area contributed by atoms with E-state index in [9.17, 15) is 9.59 Å². The highest BCUT2D eigenvalue weighted by Crippen LogP contribution is 2.46. The Morgan fingerprint density at radius 3 is 2.52 bits per heavy atom. The van der Waals surface area contributed by atoms with Gasteiger partial charge in [-0.3, -0.25) is 9.59 Å². The summed E-state index contributed by atoms with van der Waals surface area (Å²) < 4.78 is 10.9. The largest absolute Gasteiger partial charge is 0.493 e. The Morgan fingerprint density at radius 2 is 1.88 bits per heavy atom. The molecular weight excluding hydrogens is 320 g/mol. The van der Waals surface area contributed by atoms with Crippen molar-refractivity contribution in [2.24, 2.45) is 0 Å². The molecule has 134 valence electrons. The Morgan fingerprint density at radius 1 is 1.12 bits per heavy atom. The Hall–Kier alpha value is -2.34. The molecule has 2 aliphatic rings. The molecule has 0 spiro atoms. The van der Waals surface area contributed by atoms with E-state index in [0.717, 1.165) is 29.7 Å². The number of methoxy groups -OCH3 is 2. The number of hydrazine groups is 1. The fraction of sp³-hybridized carbons (Fsp3) is 0.474. The van der Waals surface area contributed by atoms with Gasteiger partial charge in [0.25, 0.3) is 0 Å². The van der Waals surface area contributed by atoms with Crippen LogP contribution in [0, 0.1) is 0 Å². The van der Waals surface area contributed by atoms with Crippen molar-refractivity contribution in [1.82, 2.24) is 10.0 Å². The lowest BCUT2D eigenvalue weighted by atomic mass is 9.77. The monoisotopic (exact) mass is 344 g/mol. The fourth-order valence-electron chi connectivity index (χ4n) is 3.89. The SMILES string of the molecule is COc1cccc(C2CC(=O)N(N(C)C)C3=C2C(=O)CCC3)c1OC. The van der Waals surface area contributed by atoms with Crippen LogP contribution in [-0.4, -0.2) is 50.0 Å². The number of ether oxygens (including phenoxy) is 2. The van der Waals surface area contributed by atoms with Gasteiger partial charge in [-0.2, -0.15) is 0 Å². The molecule has 0 saturated heterocycles. The minimum absolute atomic E-state index is 0.00618. The molecule has 1 aromatic rings. The van der Waals surface area contributed by atoms with Crippen molar-refractivity contribution in [3.8, 4) is 11.5 Å². The van der Waals surface area contributed by atoms with Crippen molar-refractivity contribution in [3.63, 3.8) is 0 Å². The number of benzene rings is 1. The highest BCUT2D eigenvalue weighted by atomic mass is 16.5. The van der Waals surface area contributed by atoms with Crippen LogP contribution in [0.5, 0.6) is 11.5 Å². The van der Waals surface area contributed by atoms with Gasteiger partial charge in [-0.05, 0) is 18.9 Å². The van der Waals surface area contributed by atoms with Gasteiger partial charge in [0.1, 0.15) is 0 Å². The quantitative estimate of drug-likeness (QED) is 0.840. The molecule has 1 aliphatic carbocycles. The van der Waals surface area contributed by atoms with Gasteiger partial charge in [0.05, 0.1) is 14.2 Å². The third kappa shape index (κ3) is 2.91. The molecule has 3 rings (SSSR count). The third-order valence-corrected chi connectivity index (χ3v) is 4.86. The summed E-state index contributed by atoms with van der Waals surface area (Å²) in [6.45, 7) is 0. The number of carbonyl (C=O) groups is 2. The van der Waals surface area contributed by atoms with Crippen LogP contribution in [0.25, 0.3) is 0 Å². The molecule has 0 bridgehead atoms. The summed E-state index contributed by atoms with van der Waals surface area (Å²) in [4.78, 5) is 25.6. The summed E-state index contributed by atoms with van der Waals surface area (Å²) in [6.07, 6.45) is 2.27. The first-order valence-corrected chi connectivity index (χ1v) is 8.46. The molecule has 6 heteroatoms. The Balaban J connectivity index is 2.18. The summed E-state index contributed by atoms with van der Waals surface area (Å²) in [6, 6.07) is 5.60. The number of rotatable bonds is 4. The first kappa shape index (κ1) is 17.5. The van der Waals surface area contributed by atoms with Gasteiger partial charge in [0, 0.05) is 49.7 Å². The molecule has 25 heavy (non-hydrogen) atoms. The van der Waals surface area contributed by atoms with Gasteiger partial charge in [0.15, 0.2) is 17.3 Å². The van der Waals surface area contributed by atoms with E-state index in [1.807, 2.05) is 32.3 Å². The lowest BCUT2D eigenvalue weighted by Crippen LogP contribution is -2.47. The molecule has 0 fully saturated rings. The lowest BCUT2D eigenvalue weighted by Gasteiger charge is -2.41. The normalized spacial score (nSPS) is 20.8. The van der Waals surface area contributed by atoms with Crippen molar-refractivity contribution >= 4 is 11.7 Å². The van der Waals surface area contributed by atoms with Gasteiger partial charge in [0.2, 0.25) is 5.91 Å². The van der Waals surface area contributed by atoms with Crippen LogP contribution >= 0.6 is 0 Å². The summed E-state index contributed by atoms with van der Waals surface area (Å²) in [5, 5.41) is 3.41. The maximum Gasteiger partial charge on any atom is 0.242 e. The van der Waals surface area contributed by atoms with E-state index in [1.165, 1.54) is 0 Å². The number of amides is 1. The van der Waals surface area contributed by atoms with Crippen LogP contribution in [0.15, 0.2) is 29.5 Å². The second kappa shape index (κ2) is 6.88. The van der Waals surface area contributed by atoms with Gasteiger partial charge >= 0.3 is 0 Å². The number of hydrogen-bond acceptors (Lipinski definition) is 5. The molecule has 1 heterocycles. The topological polar surface area (TPSA) is 59.1 Å². The van der Waals surface area contributed by atoms with Crippen LogP contribution in [0.3, 0.4) is 0 Å². The highest BCUT2D eigenvalue weighted by molar-refractivity contribution is 6.01. The first-order valence-electron chi connectivity index (χ1n) is 8.46. The Kier molecular flexibility index (Phi) is 4.81. The van der Waals surface area contributed by atoms with Gasteiger partial charge in [-0.1, -0.05) is 12.1 Å². The van der Waals surface area contributed by atoms with Crippen LogP contribution in [0.2, 0.25) is 0 Å². The summed E-state index contributed by atoms with van der Waals surface area (Å²) in [5.41, 5.74) is 2.40. The zero-order valence-corrected chi connectivity index (χ0v) is 15.2. The van der Waals surface area contributed by atoms with Crippen molar-refractivity contribution in [1.29, 1.82) is 0 Å². The highest BCUT2D eigenvalue weighted by Gasteiger charge is 2.41. The second-order valence-corrected chi connectivity index (χ2v) is 6.53. The fourth-order valence-corrected chi connectivity index (χ4v) is 3.89. The molecular formula is C19H24N2O4. The average Bonchev–Trinajstić information content (AvgIpc) is 2.59. The van der Waals surface area contributed by atoms with E-state index in [4.69, 9.17) is 9.47 Å². The van der Waals surface area contributed by atoms with E-state index in [0.29, 0.717) is 17.9 Å². The van der Waals surface area contributed by atoms with Gasteiger partial charge in [-0.25, -0.2) is 10.0 Å². The van der Waals surface area contributed by atoms with Crippen molar-refractivity contribution in [2.75, 3.05) is 28.3 Å². The molecule has 1 aliphatic heterocycles. The van der Waals surface area contributed by atoms with E-state index >= 15 is 0 Å². The number of hydrogen-bond donors (Lipinski definition) is 0. The number of Topliss-reactive ketones (excluding diaryl/α,β-unsaturated/α-hetero) is 1. The Labute approximate surface area is 148 Å². The summed E-state index contributed by atoms with van der Waals surface area (Å²) in [7, 11) is 6.82. The molecule has 6 nitrogen and oxygen atoms in total. The molecule has 1 aromatic carbocycles. The van der Waals surface area contributed by atoms with E-state index < -0.39 is 0 Å². The van der Waals surface area contributed by atoms with Crippen LogP contribution in [0.1, 0.15) is 37.2 Å². The minimum atomic E-state index is -0.295. The second-order valence-electron chi connectivity index (χ2n) is 6.53. The Bertz CT molecular complexity index is 739. The van der Waals surface area contributed by atoms with E-state index in [2.05, 4.69) is 0 Å². The maximum atomic E-state index is 12.8. The predicted octanol–water partition coefficient (Wildman–Crippen LogP) is 2.50. The molecule has 0 aromatic heterocycles. The number of ketones is 1. The maximum absolute atomic E-state index is 12.8. The molecule has 0 N–H and O–H groups in total. The van der Waals surface area contributed by atoms with Crippen LogP contribution in [-0.2, 0) is 9.59 Å². The van der Waals surface area contributed by atoms with Gasteiger partial charge < -0.3 is 9.47 Å². The number of para-hydroxylation sites is 1. The van der Waals surface area contributed by atoms with Crippen molar-refractivity contribution in [2.45, 2.75) is 31.6 Å². The molecule has 1 unspecified atom stereocenters. The average molecular weight is 344 g/mol. The lowest BCUT2D eigenvalue weighted by molar-refractivity contribution is -0.143. The van der Waals surface area contributed by atoms with Crippen molar-refractivity contribution < 1.29 is 19.1 Å². The summed E-state index contributed by atoms with van der Waals surface area (Å²) >= 11 is 0. The van der Waals surface area contributed by atoms with Crippen molar-refractivity contribution in [3.05, 3.63) is 35.0 Å². The molecule has 0 saturated carbocycles. The first-order chi connectivity index (χ1) is 12.0. The standard InChI is InChI=1S/C19H24N2O4/c1-20(2)21-14-8-6-9-15(22)18(14)13(11-17(21)23)12-7-5-10-16(24-3)19(12)25-4/h5,7,10,13H,6,8-9,11H2,1-4H3. The number of nitrogens with zero attached hydrogens (tertiary/aromatic N) is 2. The predicted molar refractivity (Wildman–Crippen MR) is 93.3 cm³/mol. The van der Waals surface area contributed by atoms with E-state index in [-0.39, 0.29) is 24.0 Å².